The maximum absolute atomic E-state index is 10.9. The van der Waals surface area contributed by atoms with Gasteiger partial charge in [0.15, 0.2) is 5.82 Å². The van der Waals surface area contributed by atoms with E-state index >= 15 is 0 Å². The molecule has 6 nitrogen and oxygen atoms in total. The molecule has 0 unspecified atom stereocenters. The summed E-state index contributed by atoms with van der Waals surface area (Å²) in [4.78, 5) is 13.3. The van der Waals surface area contributed by atoms with Crippen molar-refractivity contribution in [1.82, 2.24) is 10.1 Å². The first kappa shape index (κ1) is 11.8. The van der Waals surface area contributed by atoms with Crippen LogP contribution in [0.25, 0.3) is 11.4 Å². The van der Waals surface area contributed by atoms with Gasteiger partial charge >= 0.3 is 5.76 Å². The smallest absolute Gasteiger partial charge is 0.439 e. The first-order chi connectivity index (χ1) is 8.74. The van der Waals surface area contributed by atoms with Gasteiger partial charge in [0.05, 0.1) is 19.3 Å². The van der Waals surface area contributed by atoms with Crippen LogP contribution in [0.5, 0.6) is 5.75 Å². The molecular weight excluding hydrogens is 234 g/mol. The number of nitrogens with zero attached hydrogens (tertiary/aromatic N) is 1. The lowest BCUT2D eigenvalue weighted by Gasteiger charge is -2.09. The number of ether oxygens (including phenoxy) is 1. The zero-order chi connectivity index (χ0) is 13.0. The van der Waals surface area contributed by atoms with E-state index < -0.39 is 5.76 Å². The van der Waals surface area contributed by atoms with Crippen LogP contribution < -0.4 is 15.8 Å². The second kappa shape index (κ2) is 5.10. The number of hydrogen-bond acceptors (Lipinski definition) is 5. The maximum atomic E-state index is 10.9. The Kier molecular flexibility index (Phi) is 3.34. The number of aromatic nitrogens is 2. The number of terminal acetylenes is 1. The molecule has 1 aromatic heterocycles. The van der Waals surface area contributed by atoms with Crippen molar-refractivity contribution in [2.45, 2.75) is 0 Å². The Hall–Kier alpha value is -2.68. The molecule has 0 saturated heterocycles. The monoisotopic (exact) mass is 245 g/mol. The molecule has 0 aliphatic rings. The van der Waals surface area contributed by atoms with Crippen molar-refractivity contribution in [3.8, 4) is 29.5 Å². The SMILES string of the molecule is C#CCNc1ccc(-c2noc(=O)[nH]2)cc1OC. The van der Waals surface area contributed by atoms with E-state index in [0.29, 0.717) is 23.7 Å². The van der Waals surface area contributed by atoms with E-state index in [-0.39, 0.29) is 0 Å². The molecule has 1 aromatic carbocycles. The molecule has 0 saturated carbocycles. The number of anilines is 1. The third kappa shape index (κ3) is 2.35. The average molecular weight is 245 g/mol. The minimum absolute atomic E-state index is 0.349. The highest BCUT2D eigenvalue weighted by atomic mass is 16.5. The summed E-state index contributed by atoms with van der Waals surface area (Å²) >= 11 is 0. The van der Waals surface area contributed by atoms with Gasteiger partial charge in [0.2, 0.25) is 0 Å². The van der Waals surface area contributed by atoms with Gasteiger partial charge in [-0.2, -0.15) is 0 Å². The summed E-state index contributed by atoms with van der Waals surface area (Å²) in [6.45, 7) is 0.399. The molecule has 92 valence electrons. The van der Waals surface area contributed by atoms with E-state index in [9.17, 15) is 4.79 Å². The predicted octanol–water partition coefficient (Wildman–Crippen LogP) is 1.08. The highest BCUT2D eigenvalue weighted by molar-refractivity contribution is 5.66. The summed E-state index contributed by atoms with van der Waals surface area (Å²) in [6, 6.07) is 5.29. The van der Waals surface area contributed by atoms with E-state index in [2.05, 4.69) is 25.9 Å². The second-order valence-corrected chi connectivity index (χ2v) is 3.42. The summed E-state index contributed by atoms with van der Waals surface area (Å²) < 4.78 is 9.67. The lowest BCUT2D eigenvalue weighted by molar-refractivity contribution is 0.388. The Morgan fingerprint density at radius 1 is 1.61 bits per heavy atom. The highest BCUT2D eigenvalue weighted by Gasteiger charge is 2.08. The molecule has 2 aromatic rings. The van der Waals surface area contributed by atoms with Crippen LogP contribution in [-0.4, -0.2) is 23.8 Å². The topological polar surface area (TPSA) is 80.2 Å². The fraction of sp³-hybridized carbons (Fsp3) is 0.167. The molecule has 2 N–H and O–H groups in total. The van der Waals surface area contributed by atoms with Crippen LogP contribution in [0, 0.1) is 12.3 Å². The third-order valence-corrected chi connectivity index (χ3v) is 2.30. The van der Waals surface area contributed by atoms with Crippen LogP contribution in [-0.2, 0) is 0 Å². The second-order valence-electron chi connectivity index (χ2n) is 3.42. The van der Waals surface area contributed by atoms with Gasteiger partial charge in [0.25, 0.3) is 0 Å². The van der Waals surface area contributed by atoms with Gasteiger partial charge in [-0.15, -0.1) is 6.42 Å². The van der Waals surface area contributed by atoms with Gasteiger partial charge in [-0.3, -0.25) is 9.51 Å². The number of nitrogens with one attached hydrogen (secondary N) is 2. The Balaban J connectivity index is 2.35. The van der Waals surface area contributed by atoms with Crippen LogP contribution >= 0.6 is 0 Å². The maximum Gasteiger partial charge on any atom is 0.439 e. The molecule has 0 aliphatic heterocycles. The lowest BCUT2D eigenvalue weighted by atomic mass is 10.2. The van der Waals surface area contributed by atoms with Gasteiger partial charge in [-0.25, -0.2) is 4.79 Å². The quantitative estimate of drug-likeness (QED) is 0.788. The van der Waals surface area contributed by atoms with E-state index in [1.165, 1.54) is 0 Å². The molecule has 0 amide bonds. The fourth-order valence-electron chi connectivity index (χ4n) is 1.49. The third-order valence-electron chi connectivity index (χ3n) is 2.30. The van der Waals surface area contributed by atoms with Crippen LogP contribution in [0.15, 0.2) is 27.5 Å². The Morgan fingerprint density at radius 3 is 3.06 bits per heavy atom. The van der Waals surface area contributed by atoms with Crippen LogP contribution in [0.4, 0.5) is 5.69 Å². The first-order valence-electron chi connectivity index (χ1n) is 5.16. The number of benzene rings is 1. The number of methoxy groups -OCH3 is 1. The summed E-state index contributed by atoms with van der Waals surface area (Å²) in [5.41, 5.74) is 1.45. The van der Waals surface area contributed by atoms with E-state index in [0.717, 1.165) is 5.69 Å². The molecule has 6 heteroatoms. The molecule has 0 radical (unpaired) electrons. The standard InChI is InChI=1S/C12H11N3O3/c1-3-6-13-9-5-4-8(7-10(9)17-2)11-14-12(16)18-15-11/h1,4-5,7,13H,6H2,2H3,(H,14,15,16). The average Bonchev–Trinajstić information content (AvgIpc) is 2.83. The summed E-state index contributed by atoms with van der Waals surface area (Å²) in [5.74, 6) is 2.83. The van der Waals surface area contributed by atoms with Crippen LogP contribution in [0.2, 0.25) is 0 Å². The lowest BCUT2D eigenvalue weighted by Crippen LogP contribution is -2.01. The van der Waals surface area contributed by atoms with Crippen molar-refractivity contribution in [2.24, 2.45) is 0 Å². The molecular formula is C12H11N3O3. The van der Waals surface area contributed by atoms with Gasteiger partial charge in [0, 0.05) is 5.56 Å². The van der Waals surface area contributed by atoms with Gasteiger partial charge in [-0.1, -0.05) is 11.1 Å². The zero-order valence-corrected chi connectivity index (χ0v) is 9.69. The Labute approximate surface area is 103 Å². The molecule has 0 aliphatic carbocycles. The molecule has 1 heterocycles. The summed E-state index contributed by atoms with van der Waals surface area (Å²) in [6.07, 6.45) is 5.18. The largest absolute Gasteiger partial charge is 0.495 e. The summed E-state index contributed by atoms with van der Waals surface area (Å²) in [5, 5.41) is 6.62. The van der Waals surface area contributed by atoms with Crippen LogP contribution in [0.1, 0.15) is 0 Å². The van der Waals surface area contributed by atoms with Crippen LogP contribution in [0.3, 0.4) is 0 Å². The van der Waals surface area contributed by atoms with Crippen molar-refractivity contribution >= 4 is 5.69 Å². The highest BCUT2D eigenvalue weighted by Crippen LogP contribution is 2.28. The van der Waals surface area contributed by atoms with Crippen molar-refractivity contribution < 1.29 is 9.26 Å². The van der Waals surface area contributed by atoms with Crippen molar-refractivity contribution in [3.63, 3.8) is 0 Å². The molecule has 18 heavy (non-hydrogen) atoms. The number of hydrogen-bond donors (Lipinski definition) is 2. The molecule has 0 atom stereocenters. The van der Waals surface area contributed by atoms with Crippen molar-refractivity contribution in [2.75, 3.05) is 19.0 Å². The fourth-order valence-corrected chi connectivity index (χ4v) is 1.49. The Morgan fingerprint density at radius 2 is 2.44 bits per heavy atom. The normalized spacial score (nSPS) is 9.78. The number of rotatable bonds is 4. The minimum Gasteiger partial charge on any atom is -0.495 e. The number of aromatic amines is 1. The number of H-pyrrole nitrogens is 1. The van der Waals surface area contributed by atoms with Gasteiger partial charge < -0.3 is 10.1 Å². The summed E-state index contributed by atoms with van der Waals surface area (Å²) in [7, 11) is 1.55. The van der Waals surface area contributed by atoms with E-state index in [1.807, 2.05) is 0 Å². The predicted molar refractivity (Wildman–Crippen MR) is 66.4 cm³/mol. The van der Waals surface area contributed by atoms with E-state index in [4.69, 9.17) is 11.2 Å². The Bertz CT molecular complexity index is 637. The molecule has 2 rings (SSSR count). The zero-order valence-electron chi connectivity index (χ0n) is 9.69. The first-order valence-corrected chi connectivity index (χ1v) is 5.16. The minimum atomic E-state index is -0.599. The van der Waals surface area contributed by atoms with Gasteiger partial charge in [-0.05, 0) is 18.2 Å². The molecule has 0 spiro atoms. The van der Waals surface area contributed by atoms with Crippen molar-refractivity contribution in [3.05, 3.63) is 28.7 Å². The van der Waals surface area contributed by atoms with Gasteiger partial charge in [0.1, 0.15) is 5.75 Å². The van der Waals surface area contributed by atoms with Crippen molar-refractivity contribution in [1.29, 1.82) is 0 Å². The molecule has 0 fully saturated rings. The van der Waals surface area contributed by atoms with E-state index in [1.54, 1.807) is 25.3 Å². The molecule has 0 bridgehead atoms.